The van der Waals surface area contributed by atoms with Crippen molar-refractivity contribution in [2.75, 3.05) is 62.4 Å². The highest BCUT2D eigenvalue weighted by molar-refractivity contribution is 6.28. The Morgan fingerprint density at radius 2 is 1.38 bits per heavy atom. The molecule has 2 aromatic heterocycles. The molecule has 128 valence electrons. The number of rotatable bonds is 2. The predicted molar refractivity (Wildman–Crippen MR) is 90.9 cm³/mol. The van der Waals surface area contributed by atoms with Crippen LogP contribution in [0.5, 0.6) is 0 Å². The fraction of sp³-hybridized carbons (Fsp3) is 0.600. The Bertz CT molecular complexity index is 746. The van der Waals surface area contributed by atoms with Gasteiger partial charge in [-0.05, 0) is 18.5 Å². The van der Waals surface area contributed by atoms with Gasteiger partial charge in [0.1, 0.15) is 0 Å². The van der Waals surface area contributed by atoms with Gasteiger partial charge in [-0.15, -0.1) is 0 Å². The summed E-state index contributed by atoms with van der Waals surface area (Å²) in [4.78, 5) is 22.5. The zero-order valence-corrected chi connectivity index (χ0v) is 14.3. The molecule has 2 aromatic rings. The molecule has 4 rings (SSSR count). The summed E-state index contributed by atoms with van der Waals surface area (Å²) in [5.41, 5.74) is 2.09. The number of nitrogens with zero attached hydrogens (tertiary/aromatic N) is 6. The molecule has 2 fully saturated rings. The van der Waals surface area contributed by atoms with Crippen LogP contribution in [0.15, 0.2) is 0 Å². The Hall–Kier alpha value is -1.77. The van der Waals surface area contributed by atoms with Crippen molar-refractivity contribution in [2.24, 2.45) is 0 Å². The second-order valence-corrected chi connectivity index (χ2v) is 6.16. The van der Waals surface area contributed by atoms with Gasteiger partial charge in [0.25, 0.3) is 0 Å². The van der Waals surface area contributed by atoms with Crippen molar-refractivity contribution in [1.82, 2.24) is 19.9 Å². The SMILES string of the molecule is Cc1nc2c(N3CCOCC3)nc(Cl)nc2nc1N1CCOCC1. The first-order valence-corrected chi connectivity index (χ1v) is 8.47. The highest BCUT2D eigenvalue weighted by Gasteiger charge is 2.22. The summed E-state index contributed by atoms with van der Waals surface area (Å²) in [6, 6.07) is 0. The quantitative estimate of drug-likeness (QED) is 0.744. The Morgan fingerprint density at radius 3 is 2.00 bits per heavy atom. The Labute approximate surface area is 144 Å². The number of halogens is 1. The van der Waals surface area contributed by atoms with E-state index in [2.05, 4.69) is 19.8 Å². The van der Waals surface area contributed by atoms with Crippen LogP contribution in [0.25, 0.3) is 11.2 Å². The molecule has 0 radical (unpaired) electrons. The Balaban J connectivity index is 1.79. The van der Waals surface area contributed by atoms with Gasteiger partial charge in [-0.3, -0.25) is 0 Å². The number of ether oxygens (including phenoxy) is 2. The molecule has 2 aliphatic heterocycles. The molecule has 0 unspecified atom stereocenters. The van der Waals surface area contributed by atoms with Crippen LogP contribution in [0.2, 0.25) is 5.28 Å². The molecule has 0 spiro atoms. The molecule has 0 aliphatic carbocycles. The second-order valence-electron chi connectivity index (χ2n) is 5.82. The largest absolute Gasteiger partial charge is 0.378 e. The van der Waals surface area contributed by atoms with Gasteiger partial charge in [-0.25, -0.2) is 9.97 Å². The van der Waals surface area contributed by atoms with Gasteiger partial charge in [-0.2, -0.15) is 9.97 Å². The third-order valence-corrected chi connectivity index (χ3v) is 4.43. The molecule has 24 heavy (non-hydrogen) atoms. The number of fused-ring (bicyclic) bond motifs is 1. The maximum atomic E-state index is 6.14. The van der Waals surface area contributed by atoms with Gasteiger partial charge >= 0.3 is 0 Å². The molecular formula is C15H19ClN6O2. The van der Waals surface area contributed by atoms with Crippen molar-refractivity contribution in [2.45, 2.75) is 6.92 Å². The highest BCUT2D eigenvalue weighted by Crippen LogP contribution is 2.27. The summed E-state index contributed by atoms with van der Waals surface area (Å²) in [6.07, 6.45) is 0. The zero-order valence-electron chi connectivity index (χ0n) is 13.5. The topological polar surface area (TPSA) is 76.5 Å². The molecule has 0 atom stereocenters. The molecule has 0 aromatic carbocycles. The van der Waals surface area contributed by atoms with Gasteiger partial charge in [0, 0.05) is 26.2 Å². The molecular weight excluding hydrogens is 332 g/mol. The zero-order chi connectivity index (χ0) is 16.5. The average Bonchev–Trinajstić information content (AvgIpc) is 2.62. The van der Waals surface area contributed by atoms with Crippen LogP contribution in [0.4, 0.5) is 11.6 Å². The fourth-order valence-electron chi connectivity index (χ4n) is 3.05. The molecule has 0 N–H and O–H groups in total. The summed E-state index contributed by atoms with van der Waals surface area (Å²) in [5.74, 6) is 1.57. The number of anilines is 2. The monoisotopic (exact) mass is 350 g/mol. The Morgan fingerprint density at radius 1 is 0.792 bits per heavy atom. The first-order chi connectivity index (χ1) is 11.7. The predicted octanol–water partition coefficient (Wildman–Crippen LogP) is 1.05. The van der Waals surface area contributed by atoms with E-state index < -0.39 is 0 Å². The van der Waals surface area contributed by atoms with Crippen molar-refractivity contribution in [3.05, 3.63) is 11.0 Å². The van der Waals surface area contributed by atoms with Crippen LogP contribution in [-0.2, 0) is 9.47 Å². The minimum absolute atomic E-state index is 0.190. The lowest BCUT2D eigenvalue weighted by molar-refractivity contribution is 0.122. The smallest absolute Gasteiger partial charge is 0.226 e. The average molecular weight is 351 g/mol. The van der Waals surface area contributed by atoms with Gasteiger partial charge in [0.2, 0.25) is 5.28 Å². The van der Waals surface area contributed by atoms with E-state index in [9.17, 15) is 0 Å². The van der Waals surface area contributed by atoms with E-state index in [0.717, 1.165) is 43.5 Å². The minimum atomic E-state index is 0.190. The third kappa shape index (κ3) is 2.97. The lowest BCUT2D eigenvalue weighted by atomic mass is 10.3. The van der Waals surface area contributed by atoms with E-state index in [-0.39, 0.29) is 5.28 Å². The normalized spacial score (nSPS) is 19.1. The summed E-state index contributed by atoms with van der Waals surface area (Å²) < 4.78 is 10.8. The molecule has 4 heterocycles. The van der Waals surface area contributed by atoms with Crippen molar-refractivity contribution >= 4 is 34.4 Å². The van der Waals surface area contributed by atoms with E-state index in [4.69, 9.17) is 31.0 Å². The van der Waals surface area contributed by atoms with Crippen LogP contribution in [-0.4, -0.2) is 72.5 Å². The molecule has 0 bridgehead atoms. The van der Waals surface area contributed by atoms with E-state index in [0.29, 0.717) is 37.6 Å². The van der Waals surface area contributed by atoms with Crippen LogP contribution in [0.1, 0.15) is 5.69 Å². The summed E-state index contributed by atoms with van der Waals surface area (Å²) in [5, 5.41) is 0.190. The standard InChI is InChI=1S/C15H19ClN6O2/c1-10-13(21-2-6-23-7-3-21)18-12-11(17-10)14(20-15(16)19-12)22-4-8-24-9-5-22/h2-9H2,1H3. The first kappa shape index (κ1) is 15.7. The number of aryl methyl sites for hydroxylation is 1. The van der Waals surface area contributed by atoms with E-state index >= 15 is 0 Å². The van der Waals surface area contributed by atoms with Crippen molar-refractivity contribution in [3.8, 4) is 0 Å². The minimum Gasteiger partial charge on any atom is -0.378 e. The maximum absolute atomic E-state index is 6.14. The van der Waals surface area contributed by atoms with Crippen molar-refractivity contribution in [3.63, 3.8) is 0 Å². The summed E-state index contributed by atoms with van der Waals surface area (Å²) >= 11 is 6.14. The lowest BCUT2D eigenvalue weighted by Crippen LogP contribution is -2.38. The number of aromatic nitrogens is 4. The molecule has 8 nitrogen and oxygen atoms in total. The van der Waals surface area contributed by atoms with E-state index in [1.54, 1.807) is 0 Å². The maximum Gasteiger partial charge on any atom is 0.226 e. The third-order valence-electron chi connectivity index (χ3n) is 4.26. The number of hydrogen-bond acceptors (Lipinski definition) is 8. The van der Waals surface area contributed by atoms with Gasteiger partial charge in [-0.1, -0.05) is 0 Å². The van der Waals surface area contributed by atoms with Crippen molar-refractivity contribution < 1.29 is 9.47 Å². The summed E-state index contributed by atoms with van der Waals surface area (Å²) in [7, 11) is 0. The second kappa shape index (κ2) is 6.62. The highest BCUT2D eigenvalue weighted by atomic mass is 35.5. The van der Waals surface area contributed by atoms with Crippen LogP contribution in [0, 0.1) is 6.92 Å². The lowest BCUT2D eigenvalue weighted by Gasteiger charge is -2.30. The van der Waals surface area contributed by atoms with E-state index in [1.165, 1.54) is 0 Å². The Kier molecular flexibility index (Phi) is 4.34. The molecule has 0 amide bonds. The van der Waals surface area contributed by atoms with E-state index in [1.807, 2.05) is 6.92 Å². The van der Waals surface area contributed by atoms with Crippen LogP contribution in [0.3, 0.4) is 0 Å². The van der Waals surface area contributed by atoms with Crippen molar-refractivity contribution in [1.29, 1.82) is 0 Å². The van der Waals surface area contributed by atoms with Gasteiger partial charge < -0.3 is 19.3 Å². The van der Waals surface area contributed by atoms with Crippen LogP contribution >= 0.6 is 11.6 Å². The molecule has 9 heteroatoms. The molecule has 0 saturated carbocycles. The number of morpholine rings is 2. The fourth-order valence-corrected chi connectivity index (χ4v) is 3.21. The van der Waals surface area contributed by atoms with Gasteiger partial charge in [0.15, 0.2) is 22.8 Å². The summed E-state index contributed by atoms with van der Waals surface area (Å²) in [6.45, 7) is 7.82. The number of hydrogen-bond donors (Lipinski definition) is 0. The first-order valence-electron chi connectivity index (χ1n) is 8.09. The van der Waals surface area contributed by atoms with Crippen LogP contribution < -0.4 is 9.80 Å². The molecule has 2 aliphatic rings. The molecule has 2 saturated heterocycles. The van der Waals surface area contributed by atoms with Gasteiger partial charge in [0.05, 0.1) is 32.1 Å².